The first-order valence-corrected chi connectivity index (χ1v) is 9.45. The van der Waals surface area contributed by atoms with Gasteiger partial charge in [0.15, 0.2) is 0 Å². The number of nitrogens with zero attached hydrogens (tertiary/aromatic N) is 2. The number of hydrogen-bond acceptors (Lipinski definition) is 4. The van der Waals surface area contributed by atoms with Crippen LogP contribution in [0.15, 0.2) is 29.2 Å². The smallest absolute Gasteiger partial charge is 0.317 e. The Morgan fingerprint density at radius 2 is 2.00 bits per heavy atom. The van der Waals surface area contributed by atoms with Crippen LogP contribution in [0.2, 0.25) is 0 Å². The highest BCUT2D eigenvalue weighted by atomic mass is 32.2. The number of amides is 1. The Kier molecular flexibility index (Phi) is 5.46. The van der Waals surface area contributed by atoms with Crippen molar-refractivity contribution in [2.45, 2.75) is 42.4 Å². The lowest BCUT2D eigenvalue weighted by Crippen LogP contribution is -2.49. The maximum Gasteiger partial charge on any atom is 0.317 e. The SMILES string of the molecule is CCN(CC(=O)O)C1CCN(C(=O)C2Cc3ccccc3S2)CC1. The number of carbonyl (C=O) groups is 2. The van der Waals surface area contributed by atoms with Gasteiger partial charge in [0, 0.05) is 24.0 Å². The molecule has 1 fully saturated rings. The second-order valence-corrected chi connectivity index (χ2v) is 7.68. The summed E-state index contributed by atoms with van der Waals surface area (Å²) in [6.45, 7) is 4.27. The predicted octanol–water partition coefficient (Wildman–Crippen LogP) is 2.10. The van der Waals surface area contributed by atoms with Gasteiger partial charge >= 0.3 is 5.97 Å². The summed E-state index contributed by atoms with van der Waals surface area (Å²) >= 11 is 1.68. The Balaban J connectivity index is 1.53. The quantitative estimate of drug-likeness (QED) is 0.883. The van der Waals surface area contributed by atoms with Crippen molar-refractivity contribution in [1.29, 1.82) is 0 Å². The van der Waals surface area contributed by atoms with Crippen molar-refractivity contribution in [1.82, 2.24) is 9.80 Å². The molecule has 1 atom stereocenters. The van der Waals surface area contributed by atoms with Crippen LogP contribution in [0.4, 0.5) is 0 Å². The number of fused-ring (bicyclic) bond motifs is 1. The first-order valence-electron chi connectivity index (χ1n) is 8.57. The van der Waals surface area contributed by atoms with E-state index in [1.165, 1.54) is 10.5 Å². The van der Waals surface area contributed by atoms with Crippen LogP contribution in [0.3, 0.4) is 0 Å². The van der Waals surface area contributed by atoms with Gasteiger partial charge in [0.25, 0.3) is 0 Å². The monoisotopic (exact) mass is 348 g/mol. The minimum Gasteiger partial charge on any atom is -0.480 e. The van der Waals surface area contributed by atoms with Crippen molar-refractivity contribution >= 4 is 23.6 Å². The fraction of sp³-hybridized carbons (Fsp3) is 0.556. The molecular weight excluding hydrogens is 324 g/mol. The van der Waals surface area contributed by atoms with Gasteiger partial charge in [-0.1, -0.05) is 25.1 Å². The zero-order chi connectivity index (χ0) is 17.1. The molecule has 130 valence electrons. The van der Waals surface area contributed by atoms with Crippen LogP contribution in [0.1, 0.15) is 25.3 Å². The van der Waals surface area contributed by atoms with E-state index in [0.717, 1.165) is 38.9 Å². The number of thioether (sulfide) groups is 1. The molecule has 1 unspecified atom stereocenters. The maximum absolute atomic E-state index is 12.8. The van der Waals surface area contributed by atoms with E-state index in [1.54, 1.807) is 11.8 Å². The van der Waals surface area contributed by atoms with Crippen LogP contribution >= 0.6 is 11.8 Å². The summed E-state index contributed by atoms with van der Waals surface area (Å²) in [5.74, 6) is -0.550. The number of likely N-dealkylation sites (N-methyl/N-ethyl adjacent to an activating group) is 1. The van der Waals surface area contributed by atoms with E-state index in [0.29, 0.717) is 0 Å². The van der Waals surface area contributed by atoms with Gasteiger partial charge in [-0.05, 0) is 37.4 Å². The van der Waals surface area contributed by atoms with E-state index in [-0.39, 0.29) is 23.7 Å². The van der Waals surface area contributed by atoms with E-state index in [2.05, 4.69) is 12.1 Å². The normalized spacial score (nSPS) is 21.1. The summed E-state index contributed by atoms with van der Waals surface area (Å²) in [7, 11) is 0. The Labute approximate surface area is 147 Å². The van der Waals surface area contributed by atoms with Crippen LogP contribution in [0.5, 0.6) is 0 Å². The van der Waals surface area contributed by atoms with E-state index < -0.39 is 5.97 Å². The lowest BCUT2D eigenvalue weighted by atomic mass is 10.0. The standard InChI is InChI=1S/C18H24N2O3S/c1-2-19(12-17(21)22)14-7-9-20(10-8-14)18(23)16-11-13-5-3-4-6-15(13)24-16/h3-6,14,16H,2,7-12H2,1H3,(H,21,22). The van der Waals surface area contributed by atoms with E-state index in [9.17, 15) is 9.59 Å². The number of rotatable bonds is 5. The number of aliphatic carboxylic acids is 1. The zero-order valence-electron chi connectivity index (χ0n) is 14.0. The summed E-state index contributed by atoms with van der Waals surface area (Å²) < 4.78 is 0. The molecule has 6 heteroatoms. The molecule has 1 N–H and O–H groups in total. The van der Waals surface area contributed by atoms with E-state index >= 15 is 0 Å². The van der Waals surface area contributed by atoms with Gasteiger partial charge in [-0.15, -0.1) is 11.8 Å². The molecule has 0 aliphatic carbocycles. The topological polar surface area (TPSA) is 60.9 Å². The van der Waals surface area contributed by atoms with Gasteiger partial charge in [-0.3, -0.25) is 14.5 Å². The molecule has 0 aromatic heterocycles. The number of likely N-dealkylation sites (tertiary alicyclic amines) is 1. The van der Waals surface area contributed by atoms with Gasteiger partial charge in [0.05, 0.1) is 11.8 Å². The number of benzene rings is 1. The second-order valence-electron chi connectivity index (χ2n) is 6.43. The highest BCUT2D eigenvalue weighted by molar-refractivity contribution is 8.01. The summed E-state index contributed by atoms with van der Waals surface area (Å²) in [6, 6.07) is 8.51. The zero-order valence-corrected chi connectivity index (χ0v) is 14.8. The molecule has 24 heavy (non-hydrogen) atoms. The van der Waals surface area contributed by atoms with Gasteiger partial charge < -0.3 is 10.0 Å². The molecular formula is C18H24N2O3S. The second kappa shape index (κ2) is 7.57. The highest BCUT2D eigenvalue weighted by Gasteiger charge is 2.34. The number of piperidine rings is 1. The molecule has 3 rings (SSSR count). The van der Waals surface area contributed by atoms with Crippen LogP contribution in [-0.4, -0.2) is 64.3 Å². The molecule has 5 nitrogen and oxygen atoms in total. The van der Waals surface area contributed by atoms with Crippen molar-refractivity contribution in [3.63, 3.8) is 0 Å². The third-order valence-corrected chi connectivity index (χ3v) is 6.26. The molecule has 1 amide bonds. The van der Waals surface area contributed by atoms with Crippen molar-refractivity contribution in [3.05, 3.63) is 29.8 Å². The Morgan fingerprint density at radius 1 is 1.29 bits per heavy atom. The highest BCUT2D eigenvalue weighted by Crippen LogP contribution is 2.38. The fourth-order valence-electron chi connectivity index (χ4n) is 3.65. The average molecular weight is 348 g/mol. The number of hydrogen-bond donors (Lipinski definition) is 1. The van der Waals surface area contributed by atoms with Gasteiger partial charge in [0.1, 0.15) is 0 Å². The molecule has 2 aliphatic rings. The van der Waals surface area contributed by atoms with Crippen LogP contribution in [0.25, 0.3) is 0 Å². The molecule has 0 radical (unpaired) electrons. The Hall–Kier alpha value is -1.53. The minimum atomic E-state index is -0.782. The molecule has 2 aliphatic heterocycles. The summed E-state index contributed by atoms with van der Waals surface area (Å²) in [4.78, 5) is 28.9. The summed E-state index contributed by atoms with van der Waals surface area (Å²) in [5.41, 5.74) is 1.27. The van der Waals surface area contributed by atoms with Crippen molar-refractivity contribution in [2.75, 3.05) is 26.2 Å². The van der Waals surface area contributed by atoms with Gasteiger partial charge in [-0.2, -0.15) is 0 Å². The third-order valence-electron chi connectivity index (χ3n) is 4.96. The molecule has 0 bridgehead atoms. The first-order chi connectivity index (χ1) is 11.6. The average Bonchev–Trinajstić information content (AvgIpc) is 3.03. The molecule has 1 aromatic carbocycles. The largest absolute Gasteiger partial charge is 0.480 e. The fourth-order valence-corrected chi connectivity index (χ4v) is 4.93. The summed E-state index contributed by atoms with van der Waals surface area (Å²) in [5, 5.41) is 9.01. The Bertz CT molecular complexity index is 589. The number of carbonyl (C=O) groups excluding carboxylic acids is 1. The summed E-state index contributed by atoms with van der Waals surface area (Å²) in [6.07, 6.45) is 2.54. The van der Waals surface area contributed by atoms with Crippen molar-refractivity contribution in [2.24, 2.45) is 0 Å². The van der Waals surface area contributed by atoms with Crippen molar-refractivity contribution in [3.8, 4) is 0 Å². The van der Waals surface area contributed by atoms with Gasteiger partial charge in [-0.25, -0.2) is 0 Å². The molecule has 0 saturated carbocycles. The predicted molar refractivity (Wildman–Crippen MR) is 94.3 cm³/mol. The molecule has 1 aromatic rings. The van der Waals surface area contributed by atoms with Gasteiger partial charge in [0.2, 0.25) is 5.91 Å². The van der Waals surface area contributed by atoms with Crippen molar-refractivity contribution < 1.29 is 14.7 Å². The molecule has 1 saturated heterocycles. The van der Waals surface area contributed by atoms with E-state index in [1.807, 2.05) is 28.9 Å². The number of carboxylic acid groups (broad SMARTS) is 1. The minimum absolute atomic E-state index is 0.000229. The van der Waals surface area contributed by atoms with E-state index in [4.69, 9.17) is 5.11 Å². The van der Waals surface area contributed by atoms with Crippen LogP contribution in [0, 0.1) is 0 Å². The maximum atomic E-state index is 12.8. The number of carboxylic acids is 1. The molecule has 0 spiro atoms. The van der Waals surface area contributed by atoms with Crippen LogP contribution < -0.4 is 0 Å². The Morgan fingerprint density at radius 3 is 2.62 bits per heavy atom. The first kappa shape index (κ1) is 17.3. The molecule has 2 heterocycles. The van der Waals surface area contributed by atoms with Crippen LogP contribution in [-0.2, 0) is 16.0 Å². The lowest BCUT2D eigenvalue weighted by molar-refractivity contribution is -0.140. The lowest BCUT2D eigenvalue weighted by Gasteiger charge is -2.38. The third kappa shape index (κ3) is 3.75.